The molecule has 0 spiro atoms. The summed E-state index contributed by atoms with van der Waals surface area (Å²) in [5.74, 6) is 0.109. The average molecular weight is 482 g/mol. The lowest BCUT2D eigenvalue weighted by Crippen LogP contribution is -2.13. The second-order valence-corrected chi connectivity index (χ2v) is 8.47. The van der Waals surface area contributed by atoms with E-state index in [1.807, 2.05) is 66.3 Å². The highest BCUT2D eigenvalue weighted by Gasteiger charge is 2.35. The largest absolute Gasteiger partial charge is 0.488 e. The van der Waals surface area contributed by atoms with Crippen molar-refractivity contribution in [3.63, 3.8) is 0 Å². The minimum atomic E-state index is -4.57. The number of fused-ring (bicyclic) bond motifs is 1. The van der Waals surface area contributed by atoms with E-state index in [2.05, 4.69) is 15.5 Å². The molecule has 172 valence electrons. The fourth-order valence-electron chi connectivity index (χ4n) is 3.71. The number of ether oxygens (including phenoxy) is 1. The van der Waals surface area contributed by atoms with E-state index in [0.717, 1.165) is 33.2 Å². The van der Waals surface area contributed by atoms with E-state index in [0.29, 0.717) is 17.9 Å². The first-order chi connectivity index (χ1) is 16.3. The van der Waals surface area contributed by atoms with Crippen LogP contribution in [0.25, 0.3) is 17.0 Å². The first-order valence-corrected chi connectivity index (χ1v) is 11.1. The average Bonchev–Trinajstić information content (AvgIpc) is 3.52. The van der Waals surface area contributed by atoms with E-state index in [-0.39, 0.29) is 16.3 Å². The van der Waals surface area contributed by atoms with Gasteiger partial charge in [-0.15, -0.1) is 11.3 Å². The van der Waals surface area contributed by atoms with Crippen molar-refractivity contribution in [2.24, 2.45) is 12.1 Å². The van der Waals surface area contributed by atoms with Crippen LogP contribution in [0.3, 0.4) is 0 Å². The molecular formula is C24H17F3N4O2S. The quantitative estimate of drug-likeness (QED) is 0.400. The van der Waals surface area contributed by atoms with Gasteiger partial charge < -0.3 is 9.30 Å². The number of rotatable bonds is 5. The standard InChI is InChI=1S/C24H17F3N4O2S/c1-31-11-15(20-17(31)8-5-9-18(20)33-12-14-6-3-2-4-7-14)10-16-21(29-30-22(16)32)23-28-19(13-34-23)24(25,26)27/h2-11,13H,12H2,1H3,(H,30,32)/b16-10-. The smallest absolute Gasteiger partial charge is 0.434 e. The fourth-order valence-corrected chi connectivity index (χ4v) is 4.54. The van der Waals surface area contributed by atoms with Gasteiger partial charge in [0.15, 0.2) is 5.69 Å². The molecule has 34 heavy (non-hydrogen) atoms. The number of nitrogens with one attached hydrogen (secondary N) is 1. The number of halogens is 3. The molecule has 2 aromatic heterocycles. The van der Waals surface area contributed by atoms with E-state index >= 15 is 0 Å². The maximum Gasteiger partial charge on any atom is 0.434 e. The van der Waals surface area contributed by atoms with E-state index in [1.54, 1.807) is 6.08 Å². The molecule has 0 radical (unpaired) electrons. The van der Waals surface area contributed by atoms with Crippen LogP contribution in [0.15, 0.2) is 70.8 Å². The van der Waals surface area contributed by atoms with Crippen LogP contribution < -0.4 is 10.2 Å². The van der Waals surface area contributed by atoms with Crippen molar-refractivity contribution < 1.29 is 22.7 Å². The summed E-state index contributed by atoms with van der Waals surface area (Å²) in [6.45, 7) is 0.359. The maximum atomic E-state index is 13.0. The number of benzene rings is 2. The molecule has 0 aliphatic carbocycles. The summed E-state index contributed by atoms with van der Waals surface area (Å²) in [6.07, 6.45) is -1.14. The minimum Gasteiger partial charge on any atom is -0.488 e. The summed E-state index contributed by atoms with van der Waals surface area (Å²) in [5.41, 5.74) is 4.08. The van der Waals surface area contributed by atoms with Crippen molar-refractivity contribution in [3.05, 3.63) is 87.5 Å². The van der Waals surface area contributed by atoms with Gasteiger partial charge in [-0.05, 0) is 23.8 Å². The topological polar surface area (TPSA) is 68.5 Å². The summed E-state index contributed by atoms with van der Waals surface area (Å²) in [6, 6.07) is 15.4. The molecule has 0 unspecified atom stereocenters. The Morgan fingerprint density at radius 3 is 2.68 bits per heavy atom. The number of carbonyl (C=O) groups is 1. The molecule has 0 saturated heterocycles. The Labute approximate surface area is 196 Å². The van der Waals surface area contributed by atoms with Crippen molar-refractivity contribution in [3.8, 4) is 5.75 Å². The van der Waals surface area contributed by atoms with Crippen LogP contribution in [-0.4, -0.2) is 21.2 Å². The summed E-state index contributed by atoms with van der Waals surface area (Å²) in [4.78, 5) is 16.2. The predicted molar refractivity (Wildman–Crippen MR) is 123 cm³/mol. The van der Waals surface area contributed by atoms with Gasteiger partial charge in [0.05, 0.1) is 11.1 Å². The predicted octanol–water partition coefficient (Wildman–Crippen LogP) is 5.15. The third-order valence-corrected chi connectivity index (χ3v) is 6.16. The number of hydrazone groups is 1. The molecule has 5 rings (SSSR count). The number of hydrogen-bond acceptors (Lipinski definition) is 5. The van der Waals surface area contributed by atoms with Crippen molar-refractivity contribution in [2.45, 2.75) is 12.8 Å². The van der Waals surface area contributed by atoms with Gasteiger partial charge in [0.1, 0.15) is 23.1 Å². The number of aromatic nitrogens is 2. The molecule has 6 nitrogen and oxygen atoms in total. The molecule has 0 bridgehead atoms. The zero-order valence-electron chi connectivity index (χ0n) is 17.8. The molecular weight excluding hydrogens is 465 g/mol. The Kier molecular flexibility index (Phi) is 5.45. The van der Waals surface area contributed by atoms with Gasteiger partial charge in [0.2, 0.25) is 0 Å². The summed E-state index contributed by atoms with van der Waals surface area (Å²) < 4.78 is 47.0. The summed E-state index contributed by atoms with van der Waals surface area (Å²) >= 11 is 0.783. The van der Waals surface area contributed by atoms with Crippen LogP contribution in [0.4, 0.5) is 13.2 Å². The van der Waals surface area contributed by atoms with Crippen LogP contribution >= 0.6 is 11.3 Å². The molecule has 1 N–H and O–H groups in total. The van der Waals surface area contributed by atoms with Crippen LogP contribution in [0.1, 0.15) is 21.8 Å². The monoisotopic (exact) mass is 482 g/mol. The van der Waals surface area contributed by atoms with E-state index in [9.17, 15) is 18.0 Å². The number of amides is 1. The van der Waals surface area contributed by atoms with Crippen LogP contribution in [-0.2, 0) is 24.6 Å². The minimum absolute atomic E-state index is 0.0118. The lowest BCUT2D eigenvalue weighted by molar-refractivity contribution is -0.140. The Morgan fingerprint density at radius 2 is 1.94 bits per heavy atom. The maximum absolute atomic E-state index is 13.0. The van der Waals surface area contributed by atoms with Gasteiger partial charge in [0.25, 0.3) is 5.91 Å². The molecule has 3 heterocycles. The number of hydrogen-bond donors (Lipinski definition) is 1. The molecule has 1 aliphatic heterocycles. The summed E-state index contributed by atoms with van der Waals surface area (Å²) in [7, 11) is 1.87. The molecule has 4 aromatic rings. The van der Waals surface area contributed by atoms with Crippen molar-refractivity contribution in [2.75, 3.05) is 0 Å². The van der Waals surface area contributed by atoms with Gasteiger partial charge in [-0.1, -0.05) is 36.4 Å². The Hall–Kier alpha value is -3.92. The van der Waals surface area contributed by atoms with Gasteiger partial charge in [0, 0.05) is 29.6 Å². The van der Waals surface area contributed by atoms with Crippen molar-refractivity contribution >= 4 is 39.9 Å². The lowest BCUT2D eigenvalue weighted by atomic mass is 10.1. The first-order valence-electron chi connectivity index (χ1n) is 10.2. The number of thiazole rings is 1. The molecule has 1 aliphatic rings. The van der Waals surface area contributed by atoms with E-state index in [4.69, 9.17) is 4.74 Å². The first kappa shape index (κ1) is 21.9. The lowest BCUT2D eigenvalue weighted by Gasteiger charge is -2.09. The second kappa shape index (κ2) is 8.45. The van der Waals surface area contributed by atoms with Gasteiger partial charge in [-0.3, -0.25) is 4.79 Å². The SMILES string of the molecule is Cn1cc(/C=C2\C(=O)NN=C2c2nc(C(F)(F)F)cs2)c2c(OCc3ccccc3)cccc21. The Morgan fingerprint density at radius 1 is 1.15 bits per heavy atom. The zero-order valence-corrected chi connectivity index (χ0v) is 18.6. The third kappa shape index (κ3) is 4.08. The number of aryl methyl sites for hydroxylation is 1. The van der Waals surface area contributed by atoms with Gasteiger partial charge in [-0.25, -0.2) is 10.4 Å². The highest BCUT2D eigenvalue weighted by Crippen LogP contribution is 2.34. The Bertz CT molecular complexity index is 1450. The fraction of sp³-hybridized carbons (Fsp3) is 0.125. The molecule has 0 atom stereocenters. The number of alkyl halides is 3. The third-order valence-electron chi connectivity index (χ3n) is 5.31. The number of carbonyl (C=O) groups excluding carboxylic acids is 1. The van der Waals surface area contributed by atoms with Gasteiger partial charge >= 0.3 is 6.18 Å². The molecule has 0 saturated carbocycles. The molecule has 10 heteroatoms. The van der Waals surface area contributed by atoms with E-state index < -0.39 is 17.8 Å². The summed E-state index contributed by atoms with van der Waals surface area (Å²) in [5, 5.41) is 5.64. The van der Waals surface area contributed by atoms with Crippen LogP contribution in [0, 0.1) is 0 Å². The van der Waals surface area contributed by atoms with Crippen molar-refractivity contribution in [1.82, 2.24) is 15.0 Å². The van der Waals surface area contributed by atoms with E-state index in [1.165, 1.54) is 0 Å². The van der Waals surface area contributed by atoms with Crippen molar-refractivity contribution in [1.29, 1.82) is 0 Å². The highest BCUT2D eigenvalue weighted by molar-refractivity contribution is 7.12. The molecule has 2 aromatic carbocycles. The molecule has 1 amide bonds. The van der Waals surface area contributed by atoms with Crippen LogP contribution in [0.2, 0.25) is 0 Å². The normalized spacial score (nSPS) is 15.1. The van der Waals surface area contributed by atoms with Gasteiger partial charge in [-0.2, -0.15) is 18.3 Å². The Balaban J connectivity index is 1.54. The molecule has 0 fully saturated rings. The second-order valence-electron chi connectivity index (χ2n) is 7.61. The highest BCUT2D eigenvalue weighted by atomic mass is 32.1. The van der Waals surface area contributed by atoms with Crippen LogP contribution in [0.5, 0.6) is 5.75 Å². The zero-order chi connectivity index (χ0) is 23.9. The number of nitrogens with zero attached hydrogens (tertiary/aromatic N) is 3.